The lowest BCUT2D eigenvalue weighted by Crippen LogP contribution is -2.49. The molecular formula is C13H15N3O4S. The molecule has 8 heteroatoms. The summed E-state index contributed by atoms with van der Waals surface area (Å²) in [6, 6.07) is 4.65. The fourth-order valence-electron chi connectivity index (χ4n) is 2.49. The van der Waals surface area contributed by atoms with E-state index in [-0.39, 0.29) is 29.8 Å². The molecule has 1 fully saturated rings. The van der Waals surface area contributed by atoms with E-state index in [0.29, 0.717) is 25.1 Å². The first-order valence-electron chi connectivity index (χ1n) is 6.66. The molecule has 0 atom stereocenters. The second-order valence-corrected chi connectivity index (χ2v) is 6.99. The van der Waals surface area contributed by atoms with Crippen LogP contribution in [0.2, 0.25) is 0 Å². The normalized spacial score (nSPS) is 19.6. The maximum atomic E-state index is 12.5. The van der Waals surface area contributed by atoms with Crippen molar-refractivity contribution >= 4 is 27.5 Å². The van der Waals surface area contributed by atoms with Crippen LogP contribution >= 0.6 is 0 Å². The molecule has 1 saturated heterocycles. The Labute approximate surface area is 122 Å². The van der Waals surface area contributed by atoms with Gasteiger partial charge in [0.05, 0.1) is 11.4 Å². The van der Waals surface area contributed by atoms with Crippen LogP contribution in [0.5, 0.6) is 0 Å². The molecule has 7 nitrogen and oxygen atoms in total. The summed E-state index contributed by atoms with van der Waals surface area (Å²) in [5.74, 6) is -0.360. The van der Waals surface area contributed by atoms with Crippen molar-refractivity contribution in [2.24, 2.45) is 0 Å². The van der Waals surface area contributed by atoms with Crippen LogP contribution in [0.3, 0.4) is 0 Å². The zero-order chi connectivity index (χ0) is 15.0. The summed E-state index contributed by atoms with van der Waals surface area (Å²) < 4.78 is 26.3. The minimum absolute atomic E-state index is 0.0641. The highest BCUT2D eigenvalue weighted by Crippen LogP contribution is 2.27. The highest BCUT2D eigenvalue weighted by Gasteiger charge is 2.30. The number of piperazine rings is 1. The number of nitrogens with one attached hydrogen (secondary N) is 2. The largest absolute Gasteiger partial charge is 0.354 e. The van der Waals surface area contributed by atoms with Gasteiger partial charge in [-0.2, -0.15) is 4.31 Å². The predicted molar refractivity (Wildman–Crippen MR) is 75.2 cm³/mol. The Morgan fingerprint density at radius 3 is 2.67 bits per heavy atom. The molecule has 2 aliphatic heterocycles. The topological polar surface area (TPSA) is 95.6 Å². The van der Waals surface area contributed by atoms with Crippen LogP contribution in [-0.4, -0.2) is 44.2 Å². The number of sulfonamides is 1. The first kappa shape index (κ1) is 14.0. The van der Waals surface area contributed by atoms with E-state index in [9.17, 15) is 18.0 Å². The standard InChI is InChI=1S/C13H15N3O4S/c17-12-4-1-9-7-10(2-3-11(9)15-12)21(19,20)16-6-5-14-13(18)8-16/h2-3,7H,1,4-6,8H2,(H,14,18)(H,15,17). The van der Waals surface area contributed by atoms with Gasteiger partial charge in [0.2, 0.25) is 21.8 Å². The van der Waals surface area contributed by atoms with E-state index in [4.69, 9.17) is 0 Å². The number of hydrogen-bond donors (Lipinski definition) is 2. The molecule has 2 aliphatic rings. The van der Waals surface area contributed by atoms with Crippen LogP contribution in [-0.2, 0) is 26.0 Å². The van der Waals surface area contributed by atoms with Gasteiger partial charge in [0, 0.05) is 25.2 Å². The molecule has 0 spiro atoms. The second-order valence-electron chi connectivity index (χ2n) is 5.06. The first-order valence-corrected chi connectivity index (χ1v) is 8.10. The van der Waals surface area contributed by atoms with Crippen molar-refractivity contribution in [3.8, 4) is 0 Å². The fourth-order valence-corrected chi connectivity index (χ4v) is 3.94. The number of carbonyl (C=O) groups excluding carboxylic acids is 2. The number of fused-ring (bicyclic) bond motifs is 1. The average molecular weight is 309 g/mol. The summed E-state index contributed by atoms with van der Waals surface area (Å²) in [6.45, 7) is 0.428. The second kappa shape index (κ2) is 5.12. The lowest BCUT2D eigenvalue weighted by molar-refractivity contribution is -0.122. The molecule has 0 aliphatic carbocycles. The van der Waals surface area contributed by atoms with E-state index in [1.165, 1.54) is 10.4 Å². The maximum Gasteiger partial charge on any atom is 0.243 e. The number of benzene rings is 1. The highest BCUT2D eigenvalue weighted by atomic mass is 32.2. The molecular weight excluding hydrogens is 294 g/mol. The molecule has 1 aromatic rings. The van der Waals surface area contributed by atoms with Crippen molar-refractivity contribution in [2.45, 2.75) is 17.7 Å². The molecule has 21 heavy (non-hydrogen) atoms. The highest BCUT2D eigenvalue weighted by molar-refractivity contribution is 7.89. The molecule has 0 radical (unpaired) electrons. The number of anilines is 1. The van der Waals surface area contributed by atoms with Crippen LogP contribution in [0, 0.1) is 0 Å². The average Bonchev–Trinajstić information content (AvgIpc) is 2.46. The van der Waals surface area contributed by atoms with E-state index < -0.39 is 10.0 Å². The number of amides is 2. The number of hydrogen-bond acceptors (Lipinski definition) is 4. The van der Waals surface area contributed by atoms with Crippen LogP contribution in [0.15, 0.2) is 23.1 Å². The molecule has 2 heterocycles. The van der Waals surface area contributed by atoms with Crippen molar-refractivity contribution in [1.82, 2.24) is 9.62 Å². The molecule has 0 unspecified atom stereocenters. The third-order valence-electron chi connectivity index (χ3n) is 3.61. The van der Waals surface area contributed by atoms with Crippen LogP contribution < -0.4 is 10.6 Å². The third-order valence-corrected chi connectivity index (χ3v) is 5.45. The molecule has 0 bridgehead atoms. The molecule has 2 N–H and O–H groups in total. The first-order chi connectivity index (χ1) is 9.96. The van der Waals surface area contributed by atoms with Crippen LogP contribution in [0.1, 0.15) is 12.0 Å². The minimum atomic E-state index is -3.68. The van der Waals surface area contributed by atoms with E-state index in [2.05, 4.69) is 10.6 Å². The predicted octanol–water partition coefficient (Wildman–Crippen LogP) is -0.308. The monoisotopic (exact) mass is 309 g/mol. The molecule has 112 valence electrons. The summed E-state index contributed by atoms with van der Waals surface area (Å²) in [4.78, 5) is 22.8. The van der Waals surface area contributed by atoms with E-state index in [1.807, 2.05) is 0 Å². The third kappa shape index (κ3) is 2.64. The van der Waals surface area contributed by atoms with Gasteiger partial charge in [-0.3, -0.25) is 9.59 Å². The zero-order valence-electron chi connectivity index (χ0n) is 11.3. The van der Waals surface area contributed by atoms with E-state index >= 15 is 0 Å². The maximum absolute atomic E-state index is 12.5. The van der Waals surface area contributed by atoms with Gasteiger partial charge < -0.3 is 10.6 Å². The molecule has 1 aromatic carbocycles. The Balaban J connectivity index is 1.92. The Bertz CT molecular complexity index is 714. The Kier molecular flexibility index (Phi) is 3.42. The summed E-state index contributed by atoms with van der Waals surface area (Å²) in [5.41, 5.74) is 1.46. The number of aryl methyl sites for hydroxylation is 1. The molecule has 2 amide bonds. The van der Waals surface area contributed by atoms with Crippen LogP contribution in [0.4, 0.5) is 5.69 Å². The lowest BCUT2D eigenvalue weighted by Gasteiger charge is -2.26. The van der Waals surface area contributed by atoms with E-state index in [1.54, 1.807) is 12.1 Å². The zero-order valence-corrected chi connectivity index (χ0v) is 12.1. The van der Waals surface area contributed by atoms with Crippen LogP contribution in [0.25, 0.3) is 0 Å². The summed E-state index contributed by atoms with van der Waals surface area (Å²) in [5, 5.41) is 5.31. The van der Waals surface area contributed by atoms with Gasteiger partial charge >= 0.3 is 0 Å². The van der Waals surface area contributed by atoms with Crippen molar-refractivity contribution in [3.63, 3.8) is 0 Å². The number of rotatable bonds is 2. The van der Waals surface area contributed by atoms with Crippen molar-refractivity contribution < 1.29 is 18.0 Å². The summed E-state index contributed by atoms with van der Waals surface area (Å²) in [6.07, 6.45) is 0.869. The van der Waals surface area contributed by atoms with Crippen molar-refractivity contribution in [1.29, 1.82) is 0 Å². The fraction of sp³-hybridized carbons (Fsp3) is 0.385. The van der Waals surface area contributed by atoms with E-state index in [0.717, 1.165) is 5.56 Å². The van der Waals surface area contributed by atoms with Gasteiger partial charge in [0.1, 0.15) is 0 Å². The summed E-state index contributed by atoms with van der Waals surface area (Å²) in [7, 11) is -3.68. The Morgan fingerprint density at radius 2 is 1.90 bits per heavy atom. The van der Waals surface area contributed by atoms with Gasteiger partial charge in [0.15, 0.2) is 0 Å². The van der Waals surface area contributed by atoms with Gasteiger partial charge in [-0.05, 0) is 30.2 Å². The van der Waals surface area contributed by atoms with Gasteiger partial charge in [0.25, 0.3) is 0 Å². The lowest BCUT2D eigenvalue weighted by atomic mass is 10.0. The molecule has 0 saturated carbocycles. The van der Waals surface area contributed by atoms with Gasteiger partial charge in [-0.1, -0.05) is 0 Å². The Morgan fingerprint density at radius 1 is 1.10 bits per heavy atom. The SMILES string of the molecule is O=C1CN(S(=O)(=O)c2ccc3c(c2)CCC(=O)N3)CCN1. The number of carbonyl (C=O) groups is 2. The van der Waals surface area contributed by atoms with Crippen molar-refractivity contribution in [2.75, 3.05) is 25.0 Å². The summed E-state index contributed by atoms with van der Waals surface area (Å²) >= 11 is 0. The van der Waals surface area contributed by atoms with Gasteiger partial charge in [-0.25, -0.2) is 8.42 Å². The minimum Gasteiger partial charge on any atom is -0.354 e. The molecule has 0 aromatic heterocycles. The quantitative estimate of drug-likeness (QED) is 0.783. The number of nitrogens with zero attached hydrogens (tertiary/aromatic N) is 1. The van der Waals surface area contributed by atoms with Gasteiger partial charge in [-0.15, -0.1) is 0 Å². The Hall–Kier alpha value is -1.93. The molecule has 3 rings (SSSR count). The van der Waals surface area contributed by atoms with Crippen molar-refractivity contribution in [3.05, 3.63) is 23.8 Å². The smallest absolute Gasteiger partial charge is 0.243 e.